The predicted octanol–water partition coefficient (Wildman–Crippen LogP) is 1.10. The maximum atomic E-state index is 11.7. The van der Waals surface area contributed by atoms with Gasteiger partial charge in [0.25, 0.3) is 0 Å². The molecule has 0 unspecified atom stereocenters. The number of nitrogens with zero attached hydrogens (tertiary/aromatic N) is 1. The third-order valence-corrected chi connectivity index (χ3v) is 2.73. The molecule has 1 aliphatic carbocycles. The van der Waals surface area contributed by atoms with Gasteiger partial charge in [-0.15, -0.1) is 0 Å². The summed E-state index contributed by atoms with van der Waals surface area (Å²) in [5, 5.41) is 0. The first kappa shape index (κ1) is 12.6. The van der Waals surface area contributed by atoms with E-state index in [4.69, 9.17) is 0 Å². The molecular formula is C12H17NO3. The van der Waals surface area contributed by atoms with Gasteiger partial charge in [-0.2, -0.15) is 0 Å². The zero-order valence-corrected chi connectivity index (χ0v) is 10.0. The molecule has 0 N–H and O–H groups in total. The van der Waals surface area contributed by atoms with Crippen LogP contribution in [-0.4, -0.2) is 35.3 Å². The zero-order chi connectivity index (χ0) is 12.3. The summed E-state index contributed by atoms with van der Waals surface area (Å²) in [6.45, 7) is 6.86. The largest absolute Gasteiger partial charge is 0.374 e. The van der Waals surface area contributed by atoms with Gasteiger partial charge in [0.1, 0.15) is 5.78 Å². The fourth-order valence-electron chi connectivity index (χ4n) is 1.89. The Bertz CT molecular complexity index is 364. The van der Waals surface area contributed by atoms with Crippen LogP contribution in [-0.2, 0) is 14.4 Å². The van der Waals surface area contributed by atoms with Crippen LogP contribution in [0.5, 0.6) is 0 Å². The monoisotopic (exact) mass is 223 g/mol. The van der Waals surface area contributed by atoms with Crippen LogP contribution in [0, 0.1) is 0 Å². The Morgan fingerprint density at radius 2 is 1.81 bits per heavy atom. The summed E-state index contributed by atoms with van der Waals surface area (Å²) in [5.74, 6) is -0.658. The van der Waals surface area contributed by atoms with Crippen LogP contribution in [0.3, 0.4) is 0 Å². The van der Waals surface area contributed by atoms with Crippen LogP contribution in [0.2, 0.25) is 0 Å². The maximum absolute atomic E-state index is 11.7. The van der Waals surface area contributed by atoms with E-state index in [9.17, 15) is 14.4 Å². The van der Waals surface area contributed by atoms with Crippen LogP contribution < -0.4 is 0 Å². The third-order valence-electron chi connectivity index (χ3n) is 2.73. The maximum Gasteiger partial charge on any atom is 0.175 e. The van der Waals surface area contributed by atoms with Crippen LogP contribution in [0.25, 0.3) is 0 Å². The van der Waals surface area contributed by atoms with Crippen molar-refractivity contribution < 1.29 is 14.4 Å². The third kappa shape index (κ3) is 2.38. The van der Waals surface area contributed by atoms with E-state index in [1.54, 1.807) is 0 Å². The van der Waals surface area contributed by atoms with Crippen molar-refractivity contribution in [3.8, 4) is 0 Å². The number of ketones is 3. The lowest BCUT2D eigenvalue weighted by atomic mass is 9.86. The second-order valence-corrected chi connectivity index (χ2v) is 3.90. The van der Waals surface area contributed by atoms with Gasteiger partial charge < -0.3 is 4.90 Å². The molecule has 0 amide bonds. The van der Waals surface area contributed by atoms with Gasteiger partial charge in [0.2, 0.25) is 0 Å². The smallest absolute Gasteiger partial charge is 0.175 e. The molecule has 0 atom stereocenters. The summed E-state index contributed by atoms with van der Waals surface area (Å²) < 4.78 is 0. The highest BCUT2D eigenvalue weighted by Gasteiger charge is 2.34. The summed E-state index contributed by atoms with van der Waals surface area (Å²) in [7, 11) is 0. The minimum absolute atomic E-state index is 0.131. The van der Waals surface area contributed by atoms with Gasteiger partial charge in [-0.25, -0.2) is 0 Å². The number of Topliss-reactive ketones (excluding diaryl/α,β-unsaturated/α-hetero) is 3. The Morgan fingerprint density at radius 1 is 1.25 bits per heavy atom. The number of carbonyl (C=O) groups is 3. The minimum atomic E-state index is -0.328. The number of allylic oxidation sites excluding steroid dienone is 2. The van der Waals surface area contributed by atoms with E-state index in [2.05, 4.69) is 0 Å². The Kier molecular flexibility index (Phi) is 3.99. The van der Waals surface area contributed by atoms with Gasteiger partial charge in [-0.1, -0.05) is 0 Å². The van der Waals surface area contributed by atoms with E-state index in [-0.39, 0.29) is 29.3 Å². The quantitative estimate of drug-likeness (QED) is 0.500. The number of carbonyl (C=O) groups excluding carboxylic acids is 3. The molecule has 0 aliphatic heterocycles. The van der Waals surface area contributed by atoms with Crippen LogP contribution in [0.1, 0.15) is 33.6 Å². The van der Waals surface area contributed by atoms with E-state index >= 15 is 0 Å². The lowest BCUT2D eigenvalue weighted by Gasteiger charge is -2.31. The lowest BCUT2D eigenvalue weighted by molar-refractivity contribution is -0.126. The first-order chi connectivity index (χ1) is 7.51. The molecule has 0 spiro atoms. The Labute approximate surface area is 95.3 Å². The van der Waals surface area contributed by atoms with E-state index < -0.39 is 0 Å². The van der Waals surface area contributed by atoms with Crippen molar-refractivity contribution in [1.29, 1.82) is 0 Å². The first-order valence-electron chi connectivity index (χ1n) is 5.55. The van der Waals surface area contributed by atoms with Gasteiger partial charge in [0, 0.05) is 18.8 Å². The summed E-state index contributed by atoms with van der Waals surface area (Å²) >= 11 is 0. The summed E-state index contributed by atoms with van der Waals surface area (Å²) in [6.07, 6.45) is 0.173. The van der Waals surface area contributed by atoms with Crippen molar-refractivity contribution in [3.05, 3.63) is 11.3 Å². The minimum Gasteiger partial charge on any atom is -0.374 e. The molecule has 0 saturated heterocycles. The van der Waals surface area contributed by atoms with Crippen LogP contribution in [0.4, 0.5) is 0 Å². The second-order valence-electron chi connectivity index (χ2n) is 3.90. The van der Waals surface area contributed by atoms with Gasteiger partial charge >= 0.3 is 0 Å². The number of hydrogen-bond donors (Lipinski definition) is 0. The van der Waals surface area contributed by atoms with Crippen LogP contribution >= 0.6 is 0 Å². The van der Waals surface area contributed by atoms with Crippen molar-refractivity contribution in [2.75, 3.05) is 13.1 Å². The van der Waals surface area contributed by atoms with Crippen molar-refractivity contribution in [3.63, 3.8) is 0 Å². The predicted molar refractivity (Wildman–Crippen MR) is 59.9 cm³/mol. The molecule has 0 aromatic heterocycles. The Morgan fingerprint density at radius 3 is 2.19 bits per heavy atom. The van der Waals surface area contributed by atoms with Crippen LogP contribution in [0.15, 0.2) is 11.3 Å². The van der Waals surface area contributed by atoms with Crippen molar-refractivity contribution in [2.45, 2.75) is 33.6 Å². The van der Waals surface area contributed by atoms with E-state index in [1.807, 2.05) is 18.7 Å². The molecular weight excluding hydrogens is 206 g/mol. The van der Waals surface area contributed by atoms with Crippen molar-refractivity contribution >= 4 is 17.3 Å². The summed E-state index contributed by atoms with van der Waals surface area (Å²) in [6, 6.07) is 0. The van der Waals surface area contributed by atoms with Gasteiger partial charge in [-0.05, 0) is 20.8 Å². The zero-order valence-electron chi connectivity index (χ0n) is 10.0. The molecule has 0 bridgehead atoms. The van der Waals surface area contributed by atoms with E-state index in [1.165, 1.54) is 6.92 Å². The Hall–Kier alpha value is -1.45. The molecule has 0 saturated carbocycles. The second kappa shape index (κ2) is 5.05. The molecule has 4 heteroatoms. The molecule has 0 fully saturated rings. The fraction of sp³-hybridized carbons (Fsp3) is 0.583. The average Bonchev–Trinajstić information content (AvgIpc) is 2.16. The average molecular weight is 223 g/mol. The highest BCUT2D eigenvalue weighted by atomic mass is 16.2. The fourth-order valence-corrected chi connectivity index (χ4v) is 1.89. The lowest BCUT2D eigenvalue weighted by Crippen LogP contribution is -2.36. The SMILES string of the molecule is CCN(CC)C1=C(C(=O)CC(C)=O)C(=O)C1. The molecule has 0 heterocycles. The van der Waals surface area contributed by atoms with E-state index in [0.717, 1.165) is 18.8 Å². The molecule has 0 aromatic rings. The molecule has 0 radical (unpaired) electrons. The Balaban J connectivity index is 2.90. The number of hydrogen-bond acceptors (Lipinski definition) is 4. The summed E-state index contributed by atoms with van der Waals surface area (Å²) in [5.41, 5.74) is 1.06. The standard InChI is InChI=1S/C12H17NO3/c1-4-13(5-2)9-7-11(16)12(9)10(15)6-8(3)14/h4-7H2,1-3H3. The highest BCUT2D eigenvalue weighted by molar-refractivity contribution is 6.28. The molecule has 16 heavy (non-hydrogen) atoms. The molecule has 1 aliphatic rings. The number of rotatable bonds is 6. The molecule has 88 valence electrons. The summed E-state index contributed by atoms with van der Waals surface area (Å²) in [4.78, 5) is 35.9. The molecule has 0 aromatic carbocycles. The highest BCUT2D eigenvalue weighted by Crippen LogP contribution is 2.28. The van der Waals surface area contributed by atoms with Crippen molar-refractivity contribution in [1.82, 2.24) is 4.90 Å². The van der Waals surface area contributed by atoms with E-state index in [0.29, 0.717) is 6.42 Å². The molecule has 1 rings (SSSR count). The van der Waals surface area contributed by atoms with Gasteiger partial charge in [0.05, 0.1) is 18.4 Å². The van der Waals surface area contributed by atoms with Crippen molar-refractivity contribution in [2.24, 2.45) is 0 Å². The molecule has 4 nitrogen and oxygen atoms in total. The van der Waals surface area contributed by atoms with Gasteiger partial charge in [-0.3, -0.25) is 14.4 Å². The normalized spacial score (nSPS) is 14.8. The van der Waals surface area contributed by atoms with Gasteiger partial charge in [0.15, 0.2) is 11.6 Å². The topological polar surface area (TPSA) is 54.5 Å². The first-order valence-corrected chi connectivity index (χ1v) is 5.55.